The Balaban J connectivity index is 0.00000729. The molecule has 0 unspecified atom stereocenters. The molecule has 0 saturated heterocycles. The number of carbonyl (C=O) groups is 2. The molecule has 1 aromatic carbocycles. The molecule has 1 rings (SSSR count). The Labute approximate surface area is 173 Å². The molecule has 1 aromatic rings. The second-order valence-corrected chi connectivity index (χ2v) is 7.72. The molecule has 0 spiro atoms. The summed E-state index contributed by atoms with van der Waals surface area (Å²) in [6, 6.07) is 4.77. The first-order chi connectivity index (χ1) is 12.6. The fraction of sp³-hybridized carbons (Fsp3) is 0.600. The first-order valence-corrected chi connectivity index (χ1v) is 9.39. The quantitative estimate of drug-likeness (QED) is 0.393. The molecule has 0 heterocycles. The average Bonchev–Trinajstić information content (AvgIpc) is 2.60. The van der Waals surface area contributed by atoms with E-state index in [9.17, 15) is 19.8 Å². The van der Waals surface area contributed by atoms with Crippen LogP contribution in [0.2, 0.25) is 0 Å². The predicted molar refractivity (Wildman–Crippen MR) is 112 cm³/mol. The van der Waals surface area contributed by atoms with Gasteiger partial charge in [0, 0.05) is 6.04 Å². The van der Waals surface area contributed by atoms with Gasteiger partial charge in [-0.1, -0.05) is 39.8 Å². The molecule has 0 radical (unpaired) electrons. The highest BCUT2D eigenvalue weighted by Crippen LogP contribution is 2.13. The molecule has 3 atom stereocenters. The van der Waals surface area contributed by atoms with Crippen LogP contribution >= 0.6 is 12.4 Å². The molecular formula is C20H34ClN3O4. The van der Waals surface area contributed by atoms with Crippen molar-refractivity contribution >= 4 is 24.2 Å². The maximum Gasteiger partial charge on any atom is 0.244 e. The van der Waals surface area contributed by atoms with E-state index < -0.39 is 23.9 Å². The van der Waals surface area contributed by atoms with Gasteiger partial charge in [0.1, 0.15) is 5.75 Å². The van der Waals surface area contributed by atoms with E-state index in [1.165, 1.54) is 0 Å². The lowest BCUT2D eigenvalue weighted by molar-refractivity contribution is -0.133. The highest BCUT2D eigenvalue weighted by molar-refractivity contribution is 6.00. The molecule has 8 heteroatoms. The van der Waals surface area contributed by atoms with E-state index in [1.807, 2.05) is 27.7 Å². The maximum absolute atomic E-state index is 12.7. The molecule has 7 nitrogen and oxygen atoms in total. The van der Waals surface area contributed by atoms with Gasteiger partial charge in [-0.05, 0) is 42.4 Å². The number of halogens is 1. The molecule has 160 valence electrons. The minimum atomic E-state index is -0.771. The number of rotatable bonds is 10. The summed E-state index contributed by atoms with van der Waals surface area (Å²) in [5.74, 6) is -0.613. The van der Waals surface area contributed by atoms with Crippen LogP contribution in [-0.4, -0.2) is 46.8 Å². The number of carbonyl (C=O) groups excluding carboxylic acids is 2. The van der Waals surface area contributed by atoms with E-state index in [-0.39, 0.29) is 36.7 Å². The van der Waals surface area contributed by atoms with Crippen LogP contribution in [-0.2, 0) is 16.0 Å². The Morgan fingerprint density at radius 1 is 1.07 bits per heavy atom. The number of phenols is 1. The van der Waals surface area contributed by atoms with E-state index >= 15 is 0 Å². The van der Waals surface area contributed by atoms with Crippen molar-refractivity contribution in [3.63, 3.8) is 0 Å². The second kappa shape index (κ2) is 12.7. The minimum absolute atomic E-state index is 0. The third-order valence-corrected chi connectivity index (χ3v) is 4.37. The molecular weight excluding hydrogens is 382 g/mol. The van der Waals surface area contributed by atoms with E-state index in [2.05, 4.69) is 10.6 Å². The molecule has 6 N–H and O–H groups in total. The molecule has 0 fully saturated rings. The zero-order chi connectivity index (χ0) is 20.6. The average molecular weight is 416 g/mol. The van der Waals surface area contributed by atoms with Crippen molar-refractivity contribution in [2.45, 2.75) is 58.7 Å². The molecule has 2 amide bonds. The van der Waals surface area contributed by atoms with Gasteiger partial charge < -0.3 is 21.3 Å². The SMILES string of the molecule is CC(C)C[C@@H](CO)N[C@@H](Cc1ccc(O)cc1)C(=O)NC(=O)[C@@H](N)C(C)C.Cl. The molecule has 0 aliphatic heterocycles. The summed E-state index contributed by atoms with van der Waals surface area (Å²) in [7, 11) is 0. The van der Waals surface area contributed by atoms with E-state index in [0.717, 1.165) is 5.56 Å². The Morgan fingerprint density at radius 2 is 1.64 bits per heavy atom. The lowest BCUT2D eigenvalue weighted by Crippen LogP contribution is -2.55. The number of phenolic OH excluding ortho intramolecular Hbond substituents is 1. The lowest BCUT2D eigenvalue weighted by Gasteiger charge is -2.26. The monoisotopic (exact) mass is 415 g/mol. The maximum atomic E-state index is 12.7. The Bertz CT molecular complexity index is 608. The van der Waals surface area contributed by atoms with Crippen molar-refractivity contribution in [1.82, 2.24) is 10.6 Å². The van der Waals surface area contributed by atoms with Gasteiger partial charge in [-0.3, -0.25) is 14.9 Å². The summed E-state index contributed by atoms with van der Waals surface area (Å²) in [4.78, 5) is 24.9. The number of aliphatic hydroxyl groups excluding tert-OH is 1. The number of aromatic hydroxyl groups is 1. The third-order valence-electron chi connectivity index (χ3n) is 4.37. The number of amides is 2. The summed E-state index contributed by atoms with van der Waals surface area (Å²) in [5, 5.41) is 24.6. The Kier molecular flexibility index (Phi) is 12.0. The summed E-state index contributed by atoms with van der Waals surface area (Å²) < 4.78 is 0. The zero-order valence-corrected chi connectivity index (χ0v) is 17.8. The summed E-state index contributed by atoms with van der Waals surface area (Å²) in [6.07, 6.45) is 1.00. The number of benzene rings is 1. The molecule has 0 aliphatic carbocycles. The second-order valence-electron chi connectivity index (χ2n) is 7.72. The number of hydrogen-bond acceptors (Lipinski definition) is 6. The van der Waals surface area contributed by atoms with Crippen LogP contribution in [0.1, 0.15) is 39.7 Å². The number of nitrogens with one attached hydrogen (secondary N) is 2. The van der Waals surface area contributed by atoms with Gasteiger partial charge in [-0.2, -0.15) is 0 Å². The lowest BCUT2D eigenvalue weighted by atomic mass is 10.00. The molecule has 0 aromatic heterocycles. The number of imide groups is 1. The predicted octanol–water partition coefficient (Wildman–Crippen LogP) is 1.35. The summed E-state index contributed by atoms with van der Waals surface area (Å²) in [5.41, 5.74) is 6.64. The zero-order valence-electron chi connectivity index (χ0n) is 17.0. The van der Waals surface area contributed by atoms with Crippen molar-refractivity contribution < 1.29 is 19.8 Å². The van der Waals surface area contributed by atoms with Crippen molar-refractivity contribution in [1.29, 1.82) is 0 Å². The van der Waals surface area contributed by atoms with Gasteiger partial charge in [-0.15, -0.1) is 12.4 Å². The van der Waals surface area contributed by atoms with Crippen LogP contribution < -0.4 is 16.4 Å². The summed E-state index contributed by atoms with van der Waals surface area (Å²) in [6.45, 7) is 7.57. The Hall–Kier alpha value is -1.67. The van der Waals surface area contributed by atoms with Crippen LogP contribution in [0.3, 0.4) is 0 Å². The first-order valence-electron chi connectivity index (χ1n) is 9.39. The van der Waals surface area contributed by atoms with Crippen molar-refractivity contribution in [2.75, 3.05) is 6.61 Å². The number of hydrogen-bond donors (Lipinski definition) is 5. The third kappa shape index (κ3) is 9.01. The van der Waals surface area contributed by atoms with Gasteiger partial charge in [0.2, 0.25) is 11.8 Å². The van der Waals surface area contributed by atoms with E-state index in [0.29, 0.717) is 18.8 Å². The van der Waals surface area contributed by atoms with Crippen LogP contribution in [0.5, 0.6) is 5.75 Å². The highest BCUT2D eigenvalue weighted by Gasteiger charge is 2.27. The van der Waals surface area contributed by atoms with Gasteiger partial charge in [0.15, 0.2) is 0 Å². The van der Waals surface area contributed by atoms with Crippen LogP contribution in [0.15, 0.2) is 24.3 Å². The van der Waals surface area contributed by atoms with Gasteiger partial charge in [0.05, 0.1) is 18.7 Å². The number of nitrogens with two attached hydrogens (primary N) is 1. The Morgan fingerprint density at radius 3 is 2.11 bits per heavy atom. The largest absolute Gasteiger partial charge is 0.508 e. The number of aliphatic hydroxyl groups is 1. The van der Waals surface area contributed by atoms with E-state index in [4.69, 9.17) is 5.73 Å². The van der Waals surface area contributed by atoms with Crippen LogP contribution in [0.4, 0.5) is 0 Å². The molecule has 0 bridgehead atoms. The molecule has 0 saturated carbocycles. The fourth-order valence-electron chi connectivity index (χ4n) is 2.74. The van der Waals surface area contributed by atoms with Gasteiger partial charge in [-0.25, -0.2) is 0 Å². The van der Waals surface area contributed by atoms with Crippen molar-refractivity contribution in [2.24, 2.45) is 17.6 Å². The standard InChI is InChI=1S/C20H33N3O4.ClH/c1-12(2)9-15(11-24)22-17(10-14-5-7-16(25)8-6-14)19(26)23-20(27)18(21)13(3)4;/h5-8,12-13,15,17-18,22,24-25H,9-11,21H2,1-4H3,(H,23,26,27);1H/t15-,17-,18-;/m0./s1. The van der Waals surface area contributed by atoms with Crippen LogP contribution in [0.25, 0.3) is 0 Å². The van der Waals surface area contributed by atoms with Gasteiger partial charge >= 0.3 is 0 Å². The fourth-order valence-corrected chi connectivity index (χ4v) is 2.74. The van der Waals surface area contributed by atoms with Crippen molar-refractivity contribution in [3.05, 3.63) is 29.8 Å². The molecule has 0 aliphatic rings. The van der Waals surface area contributed by atoms with Crippen LogP contribution in [0, 0.1) is 11.8 Å². The van der Waals surface area contributed by atoms with Crippen molar-refractivity contribution in [3.8, 4) is 5.75 Å². The van der Waals surface area contributed by atoms with Gasteiger partial charge in [0.25, 0.3) is 0 Å². The molecule has 28 heavy (non-hydrogen) atoms. The highest BCUT2D eigenvalue weighted by atomic mass is 35.5. The summed E-state index contributed by atoms with van der Waals surface area (Å²) >= 11 is 0. The van der Waals surface area contributed by atoms with E-state index in [1.54, 1.807) is 24.3 Å². The topological polar surface area (TPSA) is 125 Å². The normalized spacial score (nSPS) is 14.3. The smallest absolute Gasteiger partial charge is 0.244 e. The minimum Gasteiger partial charge on any atom is -0.508 e. The first kappa shape index (κ1) is 26.3.